The maximum absolute atomic E-state index is 10.5. The Hall–Kier alpha value is 0.0700. The van der Waals surface area contributed by atoms with Crippen LogP contribution in [-0.2, 0) is 14.0 Å². The average Bonchev–Trinajstić information content (AvgIpc) is 2.12. The summed E-state index contributed by atoms with van der Waals surface area (Å²) in [7, 11) is -3.96. The first-order valence-corrected chi connectivity index (χ1v) is 5.06. The predicted octanol–water partition coefficient (Wildman–Crippen LogP) is -0.0745. The molecule has 6 heteroatoms. The van der Waals surface area contributed by atoms with Crippen LogP contribution in [0.5, 0.6) is 0 Å². The zero-order chi connectivity index (χ0) is 8.48. The largest absolute Gasteiger partial charge is 0.350 e. The van der Waals surface area contributed by atoms with Crippen molar-refractivity contribution >= 4 is 7.60 Å². The van der Waals surface area contributed by atoms with Gasteiger partial charge in [0.25, 0.3) is 0 Å². The fourth-order valence-electron chi connectivity index (χ4n) is 0.912. The third-order valence-electron chi connectivity index (χ3n) is 1.55. The summed E-state index contributed by atoms with van der Waals surface area (Å²) in [6, 6.07) is 0. The number of hydrogen-bond acceptors (Lipinski definition) is 3. The van der Waals surface area contributed by atoms with E-state index in [9.17, 15) is 4.57 Å². The van der Waals surface area contributed by atoms with Crippen LogP contribution < -0.4 is 0 Å². The summed E-state index contributed by atoms with van der Waals surface area (Å²) < 4.78 is 20.4. The quantitative estimate of drug-likeness (QED) is 0.584. The summed E-state index contributed by atoms with van der Waals surface area (Å²) in [5.41, 5.74) is 0. The summed E-state index contributed by atoms with van der Waals surface area (Å²) in [5.74, 6) is 0. The van der Waals surface area contributed by atoms with Crippen molar-refractivity contribution in [1.82, 2.24) is 0 Å². The molecule has 1 saturated heterocycles. The molecule has 0 bridgehead atoms. The Balaban J connectivity index is 2.43. The van der Waals surface area contributed by atoms with E-state index >= 15 is 0 Å². The van der Waals surface area contributed by atoms with Crippen LogP contribution in [0.15, 0.2) is 0 Å². The number of ether oxygens (including phenoxy) is 2. The zero-order valence-electron chi connectivity index (χ0n) is 6.14. The molecule has 5 nitrogen and oxygen atoms in total. The van der Waals surface area contributed by atoms with E-state index in [1.807, 2.05) is 0 Å². The molecule has 0 amide bonds. The van der Waals surface area contributed by atoms with Crippen molar-refractivity contribution < 1.29 is 23.8 Å². The van der Waals surface area contributed by atoms with Crippen molar-refractivity contribution in [3.63, 3.8) is 0 Å². The third kappa shape index (κ3) is 2.89. The standard InChI is InChI=1S/C5H11O5P/c1-4-5(10-3-9-4)2-11(6,7)8/h4-5H,2-3H2,1H3,(H2,6,7,8). The Bertz CT molecular complexity index is 176. The van der Waals surface area contributed by atoms with Crippen LogP contribution in [-0.4, -0.2) is 34.9 Å². The normalized spacial score (nSPS) is 32.6. The summed E-state index contributed by atoms with van der Waals surface area (Å²) in [5, 5.41) is 0. The van der Waals surface area contributed by atoms with Crippen molar-refractivity contribution in [2.24, 2.45) is 0 Å². The molecule has 1 fully saturated rings. The second-order valence-electron chi connectivity index (χ2n) is 2.54. The van der Waals surface area contributed by atoms with Crippen LogP contribution in [0.2, 0.25) is 0 Å². The molecule has 0 radical (unpaired) electrons. The van der Waals surface area contributed by atoms with Gasteiger partial charge in [-0.15, -0.1) is 0 Å². The van der Waals surface area contributed by atoms with Crippen LogP contribution >= 0.6 is 7.60 Å². The highest BCUT2D eigenvalue weighted by molar-refractivity contribution is 7.51. The van der Waals surface area contributed by atoms with E-state index in [0.717, 1.165) is 0 Å². The van der Waals surface area contributed by atoms with Gasteiger partial charge in [0.15, 0.2) is 0 Å². The van der Waals surface area contributed by atoms with E-state index in [0.29, 0.717) is 0 Å². The van der Waals surface area contributed by atoms with Gasteiger partial charge in [-0.1, -0.05) is 0 Å². The number of hydrogen-bond donors (Lipinski definition) is 2. The van der Waals surface area contributed by atoms with Crippen molar-refractivity contribution in [2.75, 3.05) is 13.0 Å². The van der Waals surface area contributed by atoms with Crippen LogP contribution in [0, 0.1) is 0 Å². The molecule has 0 saturated carbocycles. The number of rotatable bonds is 2. The lowest BCUT2D eigenvalue weighted by atomic mass is 10.3. The predicted molar refractivity (Wildman–Crippen MR) is 37.2 cm³/mol. The van der Waals surface area contributed by atoms with E-state index in [2.05, 4.69) is 0 Å². The molecular formula is C5H11O5P. The summed E-state index contributed by atoms with van der Waals surface area (Å²) in [6.45, 7) is 1.86. The fraction of sp³-hybridized carbons (Fsp3) is 1.00. The molecule has 1 rings (SSSR count). The van der Waals surface area contributed by atoms with Gasteiger partial charge >= 0.3 is 7.60 Å². The van der Waals surface area contributed by atoms with Crippen molar-refractivity contribution in [3.8, 4) is 0 Å². The van der Waals surface area contributed by atoms with Gasteiger partial charge in [0.2, 0.25) is 0 Å². The minimum Gasteiger partial charge on any atom is -0.350 e. The second kappa shape index (κ2) is 3.21. The van der Waals surface area contributed by atoms with Crippen LogP contribution in [0.25, 0.3) is 0 Å². The lowest BCUT2D eigenvalue weighted by molar-refractivity contribution is 0.0431. The van der Waals surface area contributed by atoms with Gasteiger partial charge in [0.1, 0.15) is 6.79 Å². The molecule has 2 atom stereocenters. The van der Waals surface area contributed by atoms with E-state index in [4.69, 9.17) is 19.3 Å². The maximum Gasteiger partial charge on any atom is 0.328 e. The summed E-state index contributed by atoms with van der Waals surface area (Å²) >= 11 is 0. The van der Waals surface area contributed by atoms with Crippen LogP contribution in [0.1, 0.15) is 6.92 Å². The van der Waals surface area contributed by atoms with Gasteiger partial charge in [0.05, 0.1) is 18.4 Å². The molecule has 0 aromatic heterocycles. The Morgan fingerprint density at radius 3 is 2.55 bits per heavy atom. The first-order valence-electron chi connectivity index (χ1n) is 3.27. The van der Waals surface area contributed by atoms with Crippen LogP contribution in [0.4, 0.5) is 0 Å². The lowest BCUT2D eigenvalue weighted by Crippen LogP contribution is -2.23. The minimum absolute atomic E-state index is 0.131. The minimum atomic E-state index is -3.96. The Kier molecular flexibility index (Phi) is 2.67. The monoisotopic (exact) mass is 182 g/mol. The zero-order valence-corrected chi connectivity index (χ0v) is 7.03. The summed E-state index contributed by atoms with van der Waals surface area (Å²) in [4.78, 5) is 17.1. The van der Waals surface area contributed by atoms with Crippen molar-refractivity contribution in [3.05, 3.63) is 0 Å². The fourth-order valence-corrected chi connectivity index (χ4v) is 1.78. The molecule has 0 aromatic rings. The van der Waals surface area contributed by atoms with Gasteiger partial charge in [-0.25, -0.2) is 0 Å². The van der Waals surface area contributed by atoms with E-state index in [1.54, 1.807) is 6.92 Å². The molecule has 11 heavy (non-hydrogen) atoms. The third-order valence-corrected chi connectivity index (χ3v) is 2.39. The molecule has 0 spiro atoms. The Morgan fingerprint density at radius 2 is 2.18 bits per heavy atom. The van der Waals surface area contributed by atoms with Crippen molar-refractivity contribution in [2.45, 2.75) is 19.1 Å². The van der Waals surface area contributed by atoms with Crippen molar-refractivity contribution in [1.29, 1.82) is 0 Å². The SMILES string of the molecule is CC1OCOC1CP(=O)(O)O. The van der Waals surface area contributed by atoms with E-state index in [1.165, 1.54) is 0 Å². The van der Waals surface area contributed by atoms with Crippen LogP contribution in [0.3, 0.4) is 0 Å². The molecule has 0 aliphatic carbocycles. The molecule has 1 aliphatic rings. The lowest BCUT2D eigenvalue weighted by Gasteiger charge is -2.12. The molecule has 1 heterocycles. The molecular weight excluding hydrogens is 171 g/mol. The Morgan fingerprint density at radius 1 is 1.55 bits per heavy atom. The first kappa shape index (κ1) is 9.16. The molecule has 0 aromatic carbocycles. The highest BCUT2D eigenvalue weighted by Crippen LogP contribution is 2.37. The van der Waals surface area contributed by atoms with E-state index < -0.39 is 13.7 Å². The topological polar surface area (TPSA) is 76.0 Å². The van der Waals surface area contributed by atoms with E-state index in [-0.39, 0.29) is 19.1 Å². The van der Waals surface area contributed by atoms with Gasteiger partial charge in [-0.2, -0.15) is 0 Å². The summed E-state index contributed by atoms with van der Waals surface area (Å²) in [6.07, 6.45) is -0.938. The highest BCUT2D eigenvalue weighted by Gasteiger charge is 2.31. The maximum atomic E-state index is 10.5. The van der Waals surface area contributed by atoms with Gasteiger partial charge in [0, 0.05) is 0 Å². The molecule has 66 valence electrons. The first-order chi connectivity index (χ1) is 4.99. The smallest absolute Gasteiger partial charge is 0.328 e. The van der Waals surface area contributed by atoms with Gasteiger partial charge in [-0.05, 0) is 6.92 Å². The van der Waals surface area contributed by atoms with Gasteiger partial charge < -0.3 is 19.3 Å². The molecule has 2 N–H and O–H groups in total. The second-order valence-corrected chi connectivity index (χ2v) is 4.24. The highest BCUT2D eigenvalue weighted by atomic mass is 31.2. The average molecular weight is 182 g/mol. The Labute approximate surface area is 64.5 Å². The van der Waals surface area contributed by atoms with Gasteiger partial charge in [-0.3, -0.25) is 4.57 Å². The molecule has 1 aliphatic heterocycles. The molecule has 2 unspecified atom stereocenters.